The van der Waals surface area contributed by atoms with Gasteiger partial charge in [0, 0.05) is 31.4 Å². The van der Waals surface area contributed by atoms with Gasteiger partial charge in [-0.15, -0.1) is 0 Å². The molecule has 21 heavy (non-hydrogen) atoms. The molecule has 1 aromatic heterocycles. The number of pyridine rings is 1. The molecule has 1 heterocycles. The molecular weight excluding hydrogens is 286 g/mol. The highest BCUT2D eigenvalue weighted by Crippen LogP contribution is 2.32. The predicted molar refractivity (Wildman–Crippen MR) is 84.8 cm³/mol. The van der Waals surface area contributed by atoms with Crippen molar-refractivity contribution in [1.82, 2.24) is 9.29 Å². The van der Waals surface area contributed by atoms with Gasteiger partial charge >= 0.3 is 0 Å². The lowest BCUT2D eigenvalue weighted by Gasteiger charge is -2.22. The number of rotatable bonds is 9. The molecule has 0 aliphatic heterocycles. The second-order valence-electron chi connectivity index (χ2n) is 5.50. The van der Waals surface area contributed by atoms with Crippen molar-refractivity contribution in [3.05, 3.63) is 18.3 Å². The fourth-order valence-electron chi connectivity index (χ4n) is 2.23. The number of nitrogens with one attached hydrogen (secondary N) is 1. The Labute approximate surface area is 127 Å². The van der Waals surface area contributed by atoms with Gasteiger partial charge in [-0.05, 0) is 31.7 Å². The van der Waals surface area contributed by atoms with Crippen molar-refractivity contribution in [3.8, 4) is 0 Å². The number of aromatic nitrogens is 1. The summed E-state index contributed by atoms with van der Waals surface area (Å²) in [5, 5.41) is 3.14. The van der Waals surface area contributed by atoms with Crippen molar-refractivity contribution in [1.29, 1.82) is 0 Å². The summed E-state index contributed by atoms with van der Waals surface area (Å²) in [5.41, 5.74) is 0. The van der Waals surface area contributed by atoms with Crippen LogP contribution in [-0.4, -0.2) is 36.8 Å². The molecule has 0 bridgehead atoms. The average Bonchev–Trinajstić information content (AvgIpc) is 3.30. The number of anilines is 1. The molecule has 1 N–H and O–H groups in total. The maximum atomic E-state index is 12.8. The largest absolute Gasteiger partial charge is 0.370 e. The van der Waals surface area contributed by atoms with Crippen molar-refractivity contribution in [2.24, 2.45) is 0 Å². The normalized spacial score (nSPS) is 15.4. The van der Waals surface area contributed by atoms with E-state index < -0.39 is 10.0 Å². The Morgan fingerprint density at radius 1 is 1.33 bits per heavy atom. The first kappa shape index (κ1) is 16.2. The number of hydrogen-bond donors (Lipinski definition) is 1. The SMILES string of the molecule is CCCCN(C1CC1)S(=O)(=O)c1ccnc(NCCC)c1. The second kappa shape index (κ2) is 7.22. The molecule has 1 fully saturated rings. The minimum atomic E-state index is -3.40. The predicted octanol–water partition coefficient (Wildman–Crippen LogP) is 2.86. The van der Waals surface area contributed by atoms with E-state index in [0.717, 1.165) is 38.6 Å². The van der Waals surface area contributed by atoms with Gasteiger partial charge in [-0.2, -0.15) is 4.31 Å². The average molecular weight is 311 g/mol. The van der Waals surface area contributed by atoms with Crippen molar-refractivity contribution in [3.63, 3.8) is 0 Å². The van der Waals surface area contributed by atoms with Gasteiger partial charge in [-0.25, -0.2) is 13.4 Å². The van der Waals surface area contributed by atoms with Crippen molar-refractivity contribution in [2.75, 3.05) is 18.4 Å². The number of hydrogen-bond acceptors (Lipinski definition) is 4. The van der Waals surface area contributed by atoms with Crippen LogP contribution in [0.2, 0.25) is 0 Å². The third-order valence-electron chi connectivity index (χ3n) is 3.58. The molecule has 118 valence electrons. The van der Waals surface area contributed by atoms with Gasteiger partial charge in [-0.3, -0.25) is 0 Å². The van der Waals surface area contributed by atoms with Gasteiger partial charge < -0.3 is 5.32 Å². The number of sulfonamides is 1. The lowest BCUT2D eigenvalue weighted by molar-refractivity contribution is 0.395. The number of nitrogens with zero attached hydrogens (tertiary/aromatic N) is 2. The minimum absolute atomic E-state index is 0.196. The Bertz CT molecular complexity index is 556. The fourth-order valence-corrected chi connectivity index (χ4v) is 3.97. The monoisotopic (exact) mass is 311 g/mol. The highest BCUT2D eigenvalue weighted by Gasteiger charge is 2.37. The molecule has 1 aliphatic rings. The van der Waals surface area contributed by atoms with Crippen LogP contribution in [0, 0.1) is 0 Å². The molecule has 2 rings (SSSR count). The molecule has 1 aliphatic carbocycles. The van der Waals surface area contributed by atoms with Crippen LogP contribution in [0.4, 0.5) is 5.82 Å². The zero-order valence-corrected chi connectivity index (χ0v) is 13.7. The van der Waals surface area contributed by atoms with E-state index in [1.807, 2.05) is 0 Å². The van der Waals surface area contributed by atoms with Gasteiger partial charge in [0.25, 0.3) is 0 Å². The van der Waals surface area contributed by atoms with E-state index in [4.69, 9.17) is 0 Å². The highest BCUT2D eigenvalue weighted by atomic mass is 32.2. The smallest absolute Gasteiger partial charge is 0.243 e. The zero-order chi connectivity index (χ0) is 15.3. The van der Waals surface area contributed by atoms with E-state index in [2.05, 4.69) is 24.1 Å². The summed E-state index contributed by atoms with van der Waals surface area (Å²) in [6.07, 6.45) is 6.41. The van der Waals surface area contributed by atoms with Crippen LogP contribution in [-0.2, 0) is 10.0 Å². The standard InChI is InChI=1S/C15H25N3O2S/c1-3-5-11-18(13-6-7-13)21(19,20)14-8-10-17-15(12-14)16-9-4-2/h8,10,12-13H,3-7,9,11H2,1-2H3,(H,16,17). The minimum Gasteiger partial charge on any atom is -0.370 e. The van der Waals surface area contributed by atoms with E-state index in [1.54, 1.807) is 22.6 Å². The Balaban J connectivity index is 2.20. The van der Waals surface area contributed by atoms with Gasteiger partial charge in [0.2, 0.25) is 10.0 Å². The van der Waals surface area contributed by atoms with Crippen LogP contribution in [0.1, 0.15) is 46.0 Å². The van der Waals surface area contributed by atoms with Gasteiger partial charge in [0.05, 0.1) is 4.90 Å². The molecule has 0 spiro atoms. The fraction of sp³-hybridized carbons (Fsp3) is 0.667. The lowest BCUT2D eigenvalue weighted by atomic mass is 10.3. The van der Waals surface area contributed by atoms with Gasteiger partial charge in [-0.1, -0.05) is 20.3 Å². The molecule has 5 nitrogen and oxygen atoms in total. The van der Waals surface area contributed by atoms with E-state index in [1.165, 1.54) is 0 Å². The summed E-state index contributed by atoms with van der Waals surface area (Å²) in [7, 11) is -3.40. The Hall–Kier alpha value is -1.14. The summed E-state index contributed by atoms with van der Waals surface area (Å²) in [6.45, 7) is 5.55. The summed E-state index contributed by atoms with van der Waals surface area (Å²) in [6, 6.07) is 3.43. The summed E-state index contributed by atoms with van der Waals surface area (Å²) in [5.74, 6) is 0.629. The van der Waals surface area contributed by atoms with Crippen LogP contribution in [0.3, 0.4) is 0 Å². The number of unbranched alkanes of at least 4 members (excludes halogenated alkanes) is 1. The first-order valence-electron chi connectivity index (χ1n) is 7.81. The van der Waals surface area contributed by atoms with Crippen LogP contribution in [0.25, 0.3) is 0 Å². The molecule has 0 saturated heterocycles. The molecule has 0 unspecified atom stereocenters. The summed E-state index contributed by atoms with van der Waals surface area (Å²) < 4.78 is 27.3. The summed E-state index contributed by atoms with van der Waals surface area (Å²) in [4.78, 5) is 4.52. The van der Waals surface area contributed by atoms with Gasteiger partial charge in [0.15, 0.2) is 0 Å². The lowest BCUT2D eigenvalue weighted by Crippen LogP contribution is -2.34. The van der Waals surface area contributed by atoms with Crippen LogP contribution < -0.4 is 5.32 Å². The molecule has 0 amide bonds. The molecule has 0 aromatic carbocycles. The maximum Gasteiger partial charge on any atom is 0.243 e. The summed E-state index contributed by atoms with van der Waals surface area (Å²) >= 11 is 0. The Kier molecular flexibility index (Phi) is 5.58. The van der Waals surface area contributed by atoms with E-state index in [9.17, 15) is 8.42 Å². The quantitative estimate of drug-likeness (QED) is 0.762. The van der Waals surface area contributed by atoms with E-state index in [0.29, 0.717) is 17.3 Å². The maximum absolute atomic E-state index is 12.8. The van der Waals surface area contributed by atoms with Crippen molar-refractivity contribution < 1.29 is 8.42 Å². The molecule has 0 radical (unpaired) electrons. The Morgan fingerprint density at radius 2 is 2.10 bits per heavy atom. The second-order valence-corrected chi connectivity index (χ2v) is 7.39. The van der Waals surface area contributed by atoms with E-state index >= 15 is 0 Å². The van der Waals surface area contributed by atoms with E-state index in [-0.39, 0.29) is 6.04 Å². The Morgan fingerprint density at radius 3 is 2.71 bits per heavy atom. The third kappa shape index (κ3) is 4.17. The van der Waals surface area contributed by atoms with Crippen LogP contribution in [0.5, 0.6) is 0 Å². The van der Waals surface area contributed by atoms with Crippen molar-refractivity contribution >= 4 is 15.8 Å². The van der Waals surface area contributed by atoms with Crippen LogP contribution in [0.15, 0.2) is 23.2 Å². The van der Waals surface area contributed by atoms with Crippen LogP contribution >= 0.6 is 0 Å². The first-order valence-corrected chi connectivity index (χ1v) is 9.25. The van der Waals surface area contributed by atoms with Crippen molar-refractivity contribution in [2.45, 2.75) is 56.9 Å². The molecule has 0 atom stereocenters. The highest BCUT2D eigenvalue weighted by molar-refractivity contribution is 7.89. The third-order valence-corrected chi connectivity index (χ3v) is 5.53. The molecular formula is C15H25N3O2S. The first-order chi connectivity index (χ1) is 10.1. The molecule has 1 aromatic rings. The topological polar surface area (TPSA) is 62.3 Å². The molecule has 1 saturated carbocycles. The zero-order valence-electron chi connectivity index (χ0n) is 12.9. The van der Waals surface area contributed by atoms with Gasteiger partial charge in [0.1, 0.15) is 5.82 Å². The molecule has 6 heteroatoms.